The lowest BCUT2D eigenvalue weighted by atomic mass is 9.91. The molecule has 0 aliphatic heterocycles. The highest BCUT2D eigenvalue weighted by Crippen LogP contribution is 2.28. The molecule has 0 saturated heterocycles. The minimum atomic E-state index is -0.330. The van der Waals surface area contributed by atoms with Crippen molar-refractivity contribution in [3.8, 4) is 0 Å². The average molecular weight is 203 g/mol. The molecule has 0 aliphatic carbocycles. The van der Waals surface area contributed by atoms with E-state index in [1.165, 1.54) is 0 Å². The van der Waals surface area contributed by atoms with Gasteiger partial charge in [0, 0.05) is 12.0 Å². The summed E-state index contributed by atoms with van der Waals surface area (Å²) in [5.74, 6) is 0. The number of nitrogens with zero attached hydrogens (tertiary/aromatic N) is 2. The van der Waals surface area contributed by atoms with E-state index < -0.39 is 0 Å². The molecule has 1 heterocycles. The second-order valence-corrected chi connectivity index (χ2v) is 4.07. The van der Waals surface area contributed by atoms with Crippen LogP contribution in [0.15, 0.2) is 6.33 Å². The van der Waals surface area contributed by atoms with Crippen molar-refractivity contribution in [3.05, 3.63) is 17.2 Å². The van der Waals surface area contributed by atoms with E-state index in [0.717, 1.165) is 12.2 Å². The quantitative estimate of drug-likeness (QED) is 0.812. The lowest BCUT2D eigenvalue weighted by Crippen LogP contribution is -2.26. The van der Waals surface area contributed by atoms with Crippen molar-refractivity contribution in [3.63, 3.8) is 0 Å². The van der Waals surface area contributed by atoms with E-state index in [2.05, 4.69) is 4.98 Å². The van der Waals surface area contributed by atoms with Crippen LogP contribution in [0.2, 0.25) is 5.15 Å². The second kappa shape index (κ2) is 3.68. The Hall–Kier alpha value is -0.540. The van der Waals surface area contributed by atoms with Gasteiger partial charge < -0.3 is 9.67 Å². The number of aromatic nitrogens is 2. The predicted molar refractivity (Wildman–Crippen MR) is 53.0 cm³/mol. The molecule has 3 nitrogen and oxygen atoms in total. The molecule has 0 saturated carbocycles. The van der Waals surface area contributed by atoms with E-state index in [1.54, 1.807) is 6.33 Å². The number of aryl methyl sites for hydroxylation is 1. The minimum absolute atomic E-state index is 0.0679. The Morgan fingerprint density at radius 1 is 1.62 bits per heavy atom. The summed E-state index contributed by atoms with van der Waals surface area (Å²) in [6.45, 7) is 6.80. The van der Waals surface area contributed by atoms with Crippen LogP contribution in [-0.4, -0.2) is 21.3 Å². The standard InChI is InChI=1S/C9H15ClN2O/c1-4-12-6-11-8(10)7(12)9(2,3)5-13/h6,13H,4-5H2,1-3H3. The summed E-state index contributed by atoms with van der Waals surface area (Å²) in [5, 5.41) is 9.70. The molecule has 13 heavy (non-hydrogen) atoms. The first-order chi connectivity index (χ1) is 6.03. The fourth-order valence-corrected chi connectivity index (χ4v) is 1.75. The predicted octanol–water partition coefficient (Wildman–Crippen LogP) is 1.83. The van der Waals surface area contributed by atoms with Crippen LogP contribution in [0.3, 0.4) is 0 Å². The summed E-state index contributed by atoms with van der Waals surface area (Å²) in [5.41, 5.74) is 0.572. The monoisotopic (exact) mass is 202 g/mol. The molecular weight excluding hydrogens is 188 g/mol. The first-order valence-corrected chi connectivity index (χ1v) is 4.72. The molecule has 74 valence electrons. The Morgan fingerprint density at radius 3 is 2.69 bits per heavy atom. The Morgan fingerprint density at radius 2 is 2.23 bits per heavy atom. The fourth-order valence-electron chi connectivity index (χ4n) is 1.34. The first kappa shape index (κ1) is 10.5. The summed E-state index contributed by atoms with van der Waals surface area (Å²) >= 11 is 5.94. The zero-order valence-electron chi connectivity index (χ0n) is 8.21. The molecule has 0 radical (unpaired) electrons. The molecule has 1 aromatic heterocycles. The summed E-state index contributed by atoms with van der Waals surface area (Å²) in [4.78, 5) is 4.02. The third-order valence-electron chi connectivity index (χ3n) is 2.17. The van der Waals surface area contributed by atoms with Crippen LogP contribution in [-0.2, 0) is 12.0 Å². The topological polar surface area (TPSA) is 38.0 Å². The van der Waals surface area contributed by atoms with Crippen molar-refractivity contribution >= 4 is 11.6 Å². The molecule has 0 fully saturated rings. The number of halogens is 1. The lowest BCUT2D eigenvalue weighted by molar-refractivity contribution is 0.212. The van der Waals surface area contributed by atoms with E-state index in [-0.39, 0.29) is 12.0 Å². The van der Waals surface area contributed by atoms with Gasteiger partial charge in [0.2, 0.25) is 0 Å². The van der Waals surface area contributed by atoms with Crippen molar-refractivity contribution in [2.75, 3.05) is 6.61 Å². The van der Waals surface area contributed by atoms with Crippen molar-refractivity contribution in [2.45, 2.75) is 32.7 Å². The van der Waals surface area contributed by atoms with Crippen LogP contribution in [0.4, 0.5) is 0 Å². The third kappa shape index (κ3) is 1.86. The third-order valence-corrected chi connectivity index (χ3v) is 2.45. The highest BCUT2D eigenvalue weighted by atomic mass is 35.5. The van der Waals surface area contributed by atoms with Gasteiger partial charge in [0.1, 0.15) is 0 Å². The van der Waals surface area contributed by atoms with Crippen molar-refractivity contribution < 1.29 is 5.11 Å². The molecular formula is C9H15ClN2O. The number of imidazole rings is 1. The van der Waals surface area contributed by atoms with E-state index >= 15 is 0 Å². The maximum Gasteiger partial charge on any atom is 0.150 e. The summed E-state index contributed by atoms with van der Waals surface area (Å²) in [6, 6.07) is 0. The fraction of sp³-hybridized carbons (Fsp3) is 0.667. The molecule has 1 aromatic rings. The average Bonchev–Trinajstić information content (AvgIpc) is 2.47. The van der Waals surface area contributed by atoms with Crippen molar-refractivity contribution in [1.29, 1.82) is 0 Å². The first-order valence-electron chi connectivity index (χ1n) is 4.35. The maximum atomic E-state index is 9.21. The Kier molecular flexibility index (Phi) is 2.98. The van der Waals surface area contributed by atoms with Crippen LogP contribution in [0.25, 0.3) is 0 Å². The summed E-state index contributed by atoms with van der Waals surface area (Å²) in [6.07, 6.45) is 1.70. The Labute approximate surface area is 83.4 Å². The molecule has 0 amide bonds. The zero-order chi connectivity index (χ0) is 10.1. The van der Waals surface area contributed by atoms with E-state index in [1.807, 2.05) is 25.3 Å². The zero-order valence-corrected chi connectivity index (χ0v) is 8.97. The number of hydrogen-bond acceptors (Lipinski definition) is 2. The van der Waals surface area contributed by atoms with Crippen molar-refractivity contribution in [1.82, 2.24) is 9.55 Å². The van der Waals surface area contributed by atoms with E-state index in [9.17, 15) is 5.11 Å². The van der Waals surface area contributed by atoms with Gasteiger partial charge in [0.05, 0.1) is 18.6 Å². The van der Waals surface area contributed by atoms with E-state index in [0.29, 0.717) is 5.15 Å². The van der Waals surface area contributed by atoms with Gasteiger partial charge in [0.15, 0.2) is 5.15 Å². The number of aliphatic hydroxyl groups excluding tert-OH is 1. The van der Waals surface area contributed by atoms with Crippen LogP contribution < -0.4 is 0 Å². The van der Waals surface area contributed by atoms with Crippen molar-refractivity contribution in [2.24, 2.45) is 0 Å². The van der Waals surface area contributed by atoms with Crippen LogP contribution in [0, 0.1) is 0 Å². The van der Waals surface area contributed by atoms with Gasteiger partial charge in [-0.25, -0.2) is 4.98 Å². The van der Waals surface area contributed by atoms with Crippen LogP contribution in [0.5, 0.6) is 0 Å². The van der Waals surface area contributed by atoms with Gasteiger partial charge >= 0.3 is 0 Å². The maximum absolute atomic E-state index is 9.21. The van der Waals surface area contributed by atoms with Gasteiger partial charge in [-0.05, 0) is 6.92 Å². The van der Waals surface area contributed by atoms with Crippen LogP contribution in [0.1, 0.15) is 26.5 Å². The molecule has 0 unspecified atom stereocenters. The van der Waals surface area contributed by atoms with Gasteiger partial charge in [0.25, 0.3) is 0 Å². The SMILES string of the molecule is CCn1cnc(Cl)c1C(C)(C)CO. The molecule has 0 atom stereocenters. The molecule has 0 aromatic carbocycles. The highest BCUT2D eigenvalue weighted by Gasteiger charge is 2.26. The van der Waals surface area contributed by atoms with Gasteiger partial charge in [-0.2, -0.15) is 0 Å². The minimum Gasteiger partial charge on any atom is -0.395 e. The normalized spacial score (nSPS) is 12.1. The van der Waals surface area contributed by atoms with Gasteiger partial charge in [-0.1, -0.05) is 25.4 Å². The molecule has 4 heteroatoms. The molecule has 0 spiro atoms. The number of rotatable bonds is 3. The molecule has 1 rings (SSSR count). The van der Waals surface area contributed by atoms with Crippen LogP contribution >= 0.6 is 11.6 Å². The Balaban J connectivity index is 3.18. The molecule has 0 aliphatic rings. The largest absolute Gasteiger partial charge is 0.395 e. The number of aliphatic hydroxyl groups is 1. The lowest BCUT2D eigenvalue weighted by Gasteiger charge is -2.23. The Bertz CT molecular complexity index is 294. The van der Waals surface area contributed by atoms with E-state index in [4.69, 9.17) is 11.6 Å². The number of hydrogen-bond donors (Lipinski definition) is 1. The summed E-state index contributed by atoms with van der Waals surface area (Å²) < 4.78 is 1.96. The van der Waals surface area contributed by atoms with Gasteiger partial charge in [-0.15, -0.1) is 0 Å². The second-order valence-electron chi connectivity index (χ2n) is 3.71. The molecule has 0 bridgehead atoms. The summed E-state index contributed by atoms with van der Waals surface area (Å²) in [7, 11) is 0. The highest BCUT2D eigenvalue weighted by molar-refractivity contribution is 6.30. The molecule has 1 N–H and O–H groups in total. The smallest absolute Gasteiger partial charge is 0.150 e. The van der Waals surface area contributed by atoms with Gasteiger partial charge in [-0.3, -0.25) is 0 Å².